The van der Waals surface area contributed by atoms with Crippen LogP contribution < -0.4 is 0 Å². The fourth-order valence-electron chi connectivity index (χ4n) is 3.32. The Morgan fingerprint density at radius 1 is 1.28 bits per heavy atom. The van der Waals surface area contributed by atoms with Crippen LogP contribution in [0.5, 0.6) is 0 Å². The quantitative estimate of drug-likeness (QED) is 0.799. The van der Waals surface area contributed by atoms with Crippen molar-refractivity contribution in [1.82, 2.24) is 14.5 Å². The van der Waals surface area contributed by atoms with Gasteiger partial charge in [0, 0.05) is 31.3 Å². The molecule has 0 saturated carbocycles. The van der Waals surface area contributed by atoms with Gasteiger partial charge in [0.15, 0.2) is 0 Å². The Morgan fingerprint density at radius 3 is 2.68 bits per heavy atom. The van der Waals surface area contributed by atoms with Gasteiger partial charge in [-0.15, -0.1) is 0 Å². The van der Waals surface area contributed by atoms with Crippen LogP contribution in [-0.2, 0) is 33.8 Å². The third kappa shape index (κ3) is 3.43. The van der Waals surface area contributed by atoms with Gasteiger partial charge in [-0.25, -0.2) is 9.78 Å². The highest BCUT2D eigenvalue weighted by Crippen LogP contribution is 2.24. The smallest absolute Gasteiger partial charge is 0.328 e. The van der Waals surface area contributed by atoms with E-state index in [0.29, 0.717) is 13.0 Å². The number of hydrogen-bond donors (Lipinski definition) is 0. The number of benzene rings is 1. The van der Waals surface area contributed by atoms with Gasteiger partial charge in [-0.3, -0.25) is 4.79 Å². The van der Waals surface area contributed by atoms with Gasteiger partial charge in [-0.1, -0.05) is 38.1 Å². The number of ether oxygens (including phenoxy) is 1. The molecule has 1 aromatic heterocycles. The van der Waals surface area contributed by atoms with Gasteiger partial charge in [-0.2, -0.15) is 0 Å². The summed E-state index contributed by atoms with van der Waals surface area (Å²) in [5.41, 5.74) is 2.16. The van der Waals surface area contributed by atoms with Crippen LogP contribution >= 0.6 is 0 Å². The van der Waals surface area contributed by atoms with Crippen LogP contribution in [0.1, 0.15) is 36.7 Å². The fraction of sp³-hybridized carbons (Fsp3) is 0.421. The third-order valence-electron chi connectivity index (χ3n) is 4.61. The summed E-state index contributed by atoms with van der Waals surface area (Å²) in [6.07, 6.45) is 3.99. The Balaban J connectivity index is 1.86. The Bertz CT molecular complexity index is 782. The molecule has 1 aliphatic rings. The Morgan fingerprint density at radius 2 is 2.00 bits per heavy atom. The van der Waals surface area contributed by atoms with Gasteiger partial charge in [-0.05, 0) is 11.1 Å². The highest BCUT2D eigenvalue weighted by Gasteiger charge is 2.35. The van der Waals surface area contributed by atoms with Gasteiger partial charge in [0.05, 0.1) is 7.11 Å². The van der Waals surface area contributed by atoms with E-state index in [1.54, 1.807) is 17.3 Å². The third-order valence-corrected chi connectivity index (χ3v) is 4.61. The molecule has 1 atom stereocenters. The van der Waals surface area contributed by atoms with Crippen molar-refractivity contribution in [3.05, 3.63) is 53.6 Å². The van der Waals surface area contributed by atoms with Crippen molar-refractivity contribution in [2.24, 2.45) is 0 Å². The SMILES string of the molecule is COC(=O)C1Cc2ccccc2CN1C(=O)Cn1ccnc1C(C)C. The molecule has 0 spiro atoms. The summed E-state index contributed by atoms with van der Waals surface area (Å²) in [7, 11) is 1.36. The summed E-state index contributed by atoms with van der Waals surface area (Å²) in [5, 5.41) is 0. The van der Waals surface area contributed by atoms with E-state index in [9.17, 15) is 9.59 Å². The molecule has 0 fully saturated rings. The molecule has 2 heterocycles. The molecule has 1 aliphatic heterocycles. The number of fused-ring (bicyclic) bond motifs is 1. The lowest BCUT2D eigenvalue weighted by Gasteiger charge is -2.35. The van der Waals surface area contributed by atoms with Crippen LogP contribution in [0.3, 0.4) is 0 Å². The van der Waals surface area contributed by atoms with Gasteiger partial charge in [0.1, 0.15) is 18.4 Å². The molecule has 1 aromatic carbocycles. The van der Waals surface area contributed by atoms with Crippen LogP contribution in [0.4, 0.5) is 0 Å². The summed E-state index contributed by atoms with van der Waals surface area (Å²) in [4.78, 5) is 31.1. The van der Waals surface area contributed by atoms with Crippen LogP contribution in [0.15, 0.2) is 36.7 Å². The van der Waals surface area contributed by atoms with Gasteiger partial charge < -0.3 is 14.2 Å². The topological polar surface area (TPSA) is 64.4 Å². The van der Waals surface area contributed by atoms with Crippen LogP contribution in [0, 0.1) is 0 Å². The number of carbonyl (C=O) groups excluding carboxylic acids is 2. The summed E-state index contributed by atoms with van der Waals surface area (Å²) >= 11 is 0. The number of nitrogens with zero attached hydrogens (tertiary/aromatic N) is 3. The van der Waals surface area contributed by atoms with Crippen molar-refractivity contribution in [2.45, 2.75) is 45.3 Å². The van der Waals surface area contributed by atoms with Gasteiger partial charge in [0.2, 0.25) is 5.91 Å². The van der Waals surface area contributed by atoms with E-state index < -0.39 is 6.04 Å². The van der Waals surface area contributed by atoms with E-state index in [-0.39, 0.29) is 24.3 Å². The normalized spacial score (nSPS) is 16.6. The molecule has 0 aliphatic carbocycles. The molecule has 1 amide bonds. The van der Waals surface area contributed by atoms with Crippen molar-refractivity contribution in [2.75, 3.05) is 7.11 Å². The van der Waals surface area contributed by atoms with Gasteiger partial charge in [0.25, 0.3) is 0 Å². The maximum atomic E-state index is 13.0. The standard InChI is InChI=1S/C19H23N3O3/c1-13(2)18-20-8-9-21(18)12-17(23)22-11-15-7-5-4-6-14(15)10-16(22)19(24)25-3/h4-9,13,16H,10-12H2,1-3H3. The zero-order valence-electron chi connectivity index (χ0n) is 14.8. The van der Waals surface area contributed by atoms with Crippen LogP contribution in [0.2, 0.25) is 0 Å². The van der Waals surface area contributed by atoms with E-state index >= 15 is 0 Å². The lowest BCUT2D eigenvalue weighted by molar-refractivity contribution is -0.154. The van der Waals surface area contributed by atoms with Crippen molar-refractivity contribution in [1.29, 1.82) is 0 Å². The van der Waals surface area contributed by atoms with Crippen molar-refractivity contribution >= 4 is 11.9 Å². The number of amides is 1. The highest BCUT2D eigenvalue weighted by molar-refractivity contribution is 5.85. The molecule has 0 saturated heterocycles. The number of imidazole rings is 1. The first-order valence-corrected chi connectivity index (χ1v) is 8.46. The summed E-state index contributed by atoms with van der Waals surface area (Å²) in [6, 6.07) is 7.32. The summed E-state index contributed by atoms with van der Waals surface area (Å²) in [5.74, 6) is 0.601. The van der Waals surface area contributed by atoms with E-state index in [2.05, 4.69) is 4.98 Å². The minimum Gasteiger partial charge on any atom is -0.467 e. The predicted molar refractivity (Wildman–Crippen MR) is 92.8 cm³/mol. The molecule has 25 heavy (non-hydrogen) atoms. The number of carbonyl (C=O) groups is 2. The van der Waals surface area contributed by atoms with Crippen LogP contribution in [0.25, 0.3) is 0 Å². The largest absolute Gasteiger partial charge is 0.467 e. The molecule has 3 rings (SSSR count). The summed E-state index contributed by atoms with van der Waals surface area (Å²) in [6.45, 7) is 4.67. The van der Waals surface area contributed by atoms with E-state index in [0.717, 1.165) is 17.0 Å². The van der Waals surface area contributed by atoms with Crippen molar-refractivity contribution in [3.8, 4) is 0 Å². The maximum Gasteiger partial charge on any atom is 0.328 e. The van der Waals surface area contributed by atoms with Crippen molar-refractivity contribution < 1.29 is 14.3 Å². The molecule has 0 bridgehead atoms. The predicted octanol–water partition coefficient (Wildman–Crippen LogP) is 2.13. The number of aromatic nitrogens is 2. The first-order valence-electron chi connectivity index (χ1n) is 8.46. The molecule has 2 aromatic rings. The van der Waals surface area contributed by atoms with Gasteiger partial charge >= 0.3 is 5.97 Å². The second-order valence-corrected chi connectivity index (χ2v) is 6.60. The molecular weight excluding hydrogens is 318 g/mol. The Kier molecular flexibility index (Phi) is 4.88. The minimum atomic E-state index is -0.585. The maximum absolute atomic E-state index is 13.0. The molecule has 1 unspecified atom stereocenters. The average Bonchev–Trinajstić information content (AvgIpc) is 3.08. The number of rotatable bonds is 4. The second kappa shape index (κ2) is 7.09. The van der Waals surface area contributed by atoms with Crippen molar-refractivity contribution in [3.63, 3.8) is 0 Å². The molecule has 6 heteroatoms. The second-order valence-electron chi connectivity index (χ2n) is 6.60. The number of esters is 1. The first kappa shape index (κ1) is 17.2. The number of methoxy groups -OCH3 is 1. The lowest BCUT2D eigenvalue weighted by Crippen LogP contribution is -2.50. The molecule has 0 N–H and O–H groups in total. The average molecular weight is 341 g/mol. The van der Waals surface area contributed by atoms with E-state index in [1.807, 2.05) is 42.7 Å². The van der Waals surface area contributed by atoms with E-state index in [1.165, 1.54) is 7.11 Å². The molecule has 132 valence electrons. The molecular formula is C19H23N3O3. The van der Waals surface area contributed by atoms with Crippen LogP contribution in [-0.4, -0.2) is 39.5 Å². The summed E-state index contributed by atoms with van der Waals surface area (Å²) < 4.78 is 6.78. The highest BCUT2D eigenvalue weighted by atomic mass is 16.5. The lowest BCUT2D eigenvalue weighted by atomic mass is 9.94. The monoisotopic (exact) mass is 341 g/mol. The Hall–Kier alpha value is -2.63. The minimum absolute atomic E-state index is 0.107. The zero-order valence-corrected chi connectivity index (χ0v) is 14.8. The molecule has 6 nitrogen and oxygen atoms in total. The van der Waals surface area contributed by atoms with E-state index in [4.69, 9.17) is 4.74 Å². The number of hydrogen-bond acceptors (Lipinski definition) is 4. The first-order chi connectivity index (χ1) is 12.0. The Labute approximate surface area is 147 Å². The molecule has 0 radical (unpaired) electrons. The zero-order chi connectivity index (χ0) is 18.0. The fourth-order valence-corrected chi connectivity index (χ4v) is 3.32.